The molecule has 1 atom stereocenters. The Labute approximate surface area is 187 Å². The number of hydrogen-bond donors (Lipinski definition) is 1. The maximum absolute atomic E-state index is 12.9. The summed E-state index contributed by atoms with van der Waals surface area (Å²) in [6.07, 6.45) is 0. The van der Waals surface area contributed by atoms with E-state index < -0.39 is 27.8 Å². The molecule has 9 heteroatoms. The highest BCUT2D eigenvalue weighted by Crippen LogP contribution is 2.39. The summed E-state index contributed by atoms with van der Waals surface area (Å²) < 4.78 is 30.8. The third-order valence-corrected chi connectivity index (χ3v) is 7.21. The van der Waals surface area contributed by atoms with Crippen molar-refractivity contribution in [3.8, 4) is 0 Å². The lowest BCUT2D eigenvalue weighted by Crippen LogP contribution is -2.32. The number of Topliss-reactive ketones (excluding diaryl/α,β-unsaturated/α-hetero) is 1. The van der Waals surface area contributed by atoms with Gasteiger partial charge in [-0.1, -0.05) is 29.8 Å². The molecule has 1 fully saturated rings. The van der Waals surface area contributed by atoms with Crippen LogP contribution in [0.25, 0.3) is 5.76 Å². The number of benzene rings is 2. The fourth-order valence-electron chi connectivity index (χ4n) is 3.55. The van der Waals surface area contributed by atoms with E-state index in [0.717, 1.165) is 9.87 Å². The van der Waals surface area contributed by atoms with Gasteiger partial charge in [-0.2, -0.15) is 0 Å². The first-order valence-corrected chi connectivity index (χ1v) is 11.4. The van der Waals surface area contributed by atoms with E-state index in [2.05, 4.69) is 0 Å². The van der Waals surface area contributed by atoms with E-state index in [1.54, 1.807) is 0 Å². The quantitative estimate of drug-likeness (QED) is 0.388. The molecule has 1 aliphatic heterocycles. The molecule has 8 nitrogen and oxygen atoms in total. The van der Waals surface area contributed by atoms with Crippen molar-refractivity contribution < 1.29 is 27.9 Å². The predicted octanol–water partition coefficient (Wildman–Crippen LogP) is 2.31. The average molecular weight is 459 g/mol. The van der Waals surface area contributed by atoms with Crippen LogP contribution in [0.15, 0.2) is 59.0 Å². The molecule has 0 saturated carbocycles. The molecule has 0 radical (unpaired) electrons. The van der Waals surface area contributed by atoms with E-state index in [9.17, 15) is 23.1 Å². The topological polar surface area (TPSA) is 104 Å². The molecule has 1 N–H and O–H groups in total. The van der Waals surface area contributed by atoms with E-state index in [1.807, 2.05) is 31.2 Å². The molecule has 1 unspecified atom stereocenters. The zero-order valence-electron chi connectivity index (χ0n) is 18.4. The first-order chi connectivity index (χ1) is 15.1. The molecule has 1 aliphatic rings. The van der Waals surface area contributed by atoms with Crippen LogP contribution in [0.3, 0.4) is 0 Å². The Balaban J connectivity index is 2.11. The van der Waals surface area contributed by atoms with E-state index in [0.29, 0.717) is 5.56 Å². The number of nitrogens with zero attached hydrogens (tertiary/aromatic N) is 2. The molecular formula is C23H26N2O6S. The summed E-state index contributed by atoms with van der Waals surface area (Å²) in [5.74, 6) is -1.88. The summed E-state index contributed by atoms with van der Waals surface area (Å²) in [5, 5.41) is 11.0. The summed E-state index contributed by atoms with van der Waals surface area (Å²) in [5.41, 5.74) is 1.89. The van der Waals surface area contributed by atoms with Gasteiger partial charge in [0.1, 0.15) is 5.76 Å². The predicted molar refractivity (Wildman–Crippen MR) is 119 cm³/mol. The second-order valence-corrected chi connectivity index (χ2v) is 9.86. The van der Waals surface area contributed by atoms with Crippen LogP contribution < -0.4 is 0 Å². The Morgan fingerprint density at radius 3 is 2.19 bits per heavy atom. The minimum Gasteiger partial charge on any atom is -0.507 e. The maximum atomic E-state index is 12.9. The largest absolute Gasteiger partial charge is 0.507 e. The highest BCUT2D eigenvalue weighted by atomic mass is 32.2. The number of carbonyl (C=O) groups is 2. The van der Waals surface area contributed by atoms with Gasteiger partial charge in [0, 0.05) is 33.3 Å². The number of aryl methyl sites for hydroxylation is 1. The number of carbonyl (C=O) groups excluding carboxylic acids is 2. The van der Waals surface area contributed by atoms with Gasteiger partial charge >= 0.3 is 0 Å². The van der Waals surface area contributed by atoms with Crippen molar-refractivity contribution in [2.45, 2.75) is 17.9 Å². The van der Waals surface area contributed by atoms with Crippen LogP contribution >= 0.6 is 0 Å². The molecule has 2 aromatic carbocycles. The molecule has 32 heavy (non-hydrogen) atoms. The third kappa shape index (κ3) is 4.32. The number of hydrogen-bond acceptors (Lipinski definition) is 6. The Kier molecular flexibility index (Phi) is 6.82. The highest BCUT2D eigenvalue weighted by molar-refractivity contribution is 7.89. The molecular weight excluding hydrogens is 432 g/mol. The van der Waals surface area contributed by atoms with Gasteiger partial charge in [-0.3, -0.25) is 9.59 Å². The summed E-state index contributed by atoms with van der Waals surface area (Å²) >= 11 is 0. The fourth-order valence-corrected chi connectivity index (χ4v) is 4.45. The molecule has 0 aliphatic carbocycles. The second-order valence-electron chi connectivity index (χ2n) is 7.71. The van der Waals surface area contributed by atoms with Gasteiger partial charge in [0.2, 0.25) is 10.0 Å². The SMILES string of the molecule is COCCN1C(=O)C(=O)C(=C(O)c2ccc(S(=O)(=O)N(C)C)cc2)C1c1ccc(C)cc1. The number of amides is 1. The molecule has 1 heterocycles. The van der Waals surface area contributed by atoms with Crippen molar-refractivity contribution in [3.05, 3.63) is 70.8 Å². The van der Waals surface area contributed by atoms with Crippen molar-refractivity contribution >= 4 is 27.5 Å². The normalized spacial score (nSPS) is 18.5. The van der Waals surface area contributed by atoms with Gasteiger partial charge in [0.15, 0.2) is 0 Å². The first-order valence-electron chi connectivity index (χ1n) is 9.96. The lowest BCUT2D eigenvalue weighted by atomic mass is 9.95. The Bertz CT molecular complexity index is 1150. The monoisotopic (exact) mass is 458 g/mol. The number of aliphatic hydroxyl groups excluding tert-OH is 1. The first kappa shape index (κ1) is 23.6. The van der Waals surface area contributed by atoms with Crippen LogP contribution in [-0.4, -0.2) is 68.8 Å². The molecule has 1 saturated heterocycles. The molecule has 0 aromatic heterocycles. The zero-order chi connectivity index (χ0) is 23.6. The van der Waals surface area contributed by atoms with Crippen LogP contribution in [0.4, 0.5) is 0 Å². The lowest BCUT2D eigenvalue weighted by Gasteiger charge is -2.25. The van der Waals surface area contributed by atoms with Crippen LogP contribution in [0.2, 0.25) is 0 Å². The van der Waals surface area contributed by atoms with Gasteiger partial charge in [0.25, 0.3) is 11.7 Å². The van der Waals surface area contributed by atoms with Gasteiger partial charge in [-0.05, 0) is 36.8 Å². The number of aliphatic hydroxyl groups is 1. The molecule has 2 aromatic rings. The zero-order valence-corrected chi connectivity index (χ0v) is 19.2. The van der Waals surface area contributed by atoms with Crippen LogP contribution in [0.5, 0.6) is 0 Å². The van der Waals surface area contributed by atoms with E-state index in [4.69, 9.17) is 4.74 Å². The van der Waals surface area contributed by atoms with Crippen molar-refractivity contribution in [2.75, 3.05) is 34.4 Å². The summed E-state index contributed by atoms with van der Waals surface area (Å²) in [6.45, 7) is 2.33. The third-order valence-electron chi connectivity index (χ3n) is 5.38. The maximum Gasteiger partial charge on any atom is 0.295 e. The van der Waals surface area contributed by atoms with Gasteiger partial charge in [0.05, 0.1) is 23.1 Å². The minimum absolute atomic E-state index is 0.0434. The van der Waals surface area contributed by atoms with Crippen molar-refractivity contribution in [1.29, 1.82) is 0 Å². The van der Waals surface area contributed by atoms with Crippen LogP contribution in [0, 0.1) is 6.92 Å². The van der Waals surface area contributed by atoms with Crippen molar-refractivity contribution in [1.82, 2.24) is 9.21 Å². The molecule has 0 bridgehead atoms. The second kappa shape index (κ2) is 9.23. The molecule has 3 rings (SSSR count). The molecule has 170 valence electrons. The van der Waals surface area contributed by atoms with Crippen molar-refractivity contribution in [2.24, 2.45) is 0 Å². The van der Waals surface area contributed by atoms with Crippen molar-refractivity contribution in [3.63, 3.8) is 0 Å². The number of sulfonamides is 1. The van der Waals surface area contributed by atoms with E-state index in [1.165, 1.54) is 50.4 Å². The Morgan fingerprint density at radius 2 is 1.66 bits per heavy atom. The number of rotatable bonds is 7. The standard InChI is InChI=1S/C23H26N2O6S/c1-15-5-7-16(8-6-15)20-19(22(27)23(28)25(20)13-14-31-4)21(26)17-9-11-18(12-10-17)32(29,30)24(2)3/h5-12,20,26H,13-14H2,1-4H3. The lowest BCUT2D eigenvalue weighted by molar-refractivity contribution is -0.140. The smallest absolute Gasteiger partial charge is 0.295 e. The number of ether oxygens (including phenoxy) is 1. The average Bonchev–Trinajstić information content (AvgIpc) is 3.02. The van der Waals surface area contributed by atoms with Crippen LogP contribution in [0.1, 0.15) is 22.7 Å². The van der Waals surface area contributed by atoms with E-state index >= 15 is 0 Å². The number of ketones is 1. The van der Waals surface area contributed by atoms with Gasteiger partial charge in [-0.25, -0.2) is 12.7 Å². The minimum atomic E-state index is -3.64. The molecule has 0 spiro atoms. The summed E-state index contributed by atoms with van der Waals surface area (Å²) in [7, 11) is 0.704. The highest BCUT2D eigenvalue weighted by Gasteiger charge is 2.45. The van der Waals surface area contributed by atoms with Gasteiger partial charge < -0.3 is 14.7 Å². The fraction of sp³-hybridized carbons (Fsp3) is 0.304. The van der Waals surface area contributed by atoms with Crippen LogP contribution in [-0.2, 0) is 24.3 Å². The summed E-state index contributed by atoms with van der Waals surface area (Å²) in [4.78, 5) is 27.1. The summed E-state index contributed by atoms with van der Waals surface area (Å²) in [6, 6.07) is 12.1. The number of methoxy groups -OCH3 is 1. The van der Waals surface area contributed by atoms with E-state index in [-0.39, 0.29) is 34.9 Å². The Hall–Kier alpha value is -3.01. The number of likely N-dealkylation sites (tertiary alicyclic amines) is 1. The molecule has 1 amide bonds. The van der Waals surface area contributed by atoms with Gasteiger partial charge in [-0.15, -0.1) is 0 Å². The Morgan fingerprint density at radius 1 is 1.06 bits per heavy atom.